The van der Waals surface area contributed by atoms with Crippen LogP contribution in [-0.2, 0) is 6.42 Å². The molecule has 2 N–H and O–H groups in total. The van der Waals surface area contributed by atoms with Gasteiger partial charge in [-0.3, -0.25) is 9.78 Å². The van der Waals surface area contributed by atoms with Gasteiger partial charge in [0.25, 0.3) is 0 Å². The fourth-order valence-corrected chi connectivity index (χ4v) is 3.28. The number of benzene rings is 2. The van der Waals surface area contributed by atoms with Crippen molar-refractivity contribution in [3.05, 3.63) is 59.9 Å². The summed E-state index contributed by atoms with van der Waals surface area (Å²) in [6, 6.07) is 12.0. The van der Waals surface area contributed by atoms with E-state index in [0.717, 1.165) is 34.9 Å². The molecule has 1 aliphatic rings. The number of aromatic nitrogens is 1. The number of carbonyl (C=O) groups excluding carboxylic acids is 1. The third-order valence-electron chi connectivity index (χ3n) is 4.56. The molecule has 0 aliphatic carbocycles. The zero-order chi connectivity index (χ0) is 16.0. The lowest BCUT2D eigenvalue weighted by atomic mass is 9.97. The molecule has 0 saturated carbocycles. The van der Waals surface area contributed by atoms with E-state index < -0.39 is 5.91 Å². The first-order valence-corrected chi connectivity index (χ1v) is 7.65. The Morgan fingerprint density at radius 1 is 1.17 bits per heavy atom. The van der Waals surface area contributed by atoms with E-state index in [1.54, 1.807) is 6.07 Å². The Morgan fingerprint density at radius 3 is 2.87 bits per heavy atom. The summed E-state index contributed by atoms with van der Waals surface area (Å²) >= 11 is 0. The maximum Gasteiger partial charge on any atom is 0.248 e. The molecule has 0 radical (unpaired) electrons. The number of hydrogen-bond acceptors (Lipinski definition) is 3. The molecule has 23 heavy (non-hydrogen) atoms. The molecule has 4 rings (SSSR count). The van der Waals surface area contributed by atoms with Crippen LogP contribution in [0.15, 0.2) is 48.8 Å². The first-order valence-electron chi connectivity index (χ1n) is 7.65. The Kier molecular flexibility index (Phi) is 3.05. The SMILES string of the molecule is CN1CCc2cc(-c3cncc4ccc(C(N)=O)cc34)ccc21. The summed E-state index contributed by atoms with van der Waals surface area (Å²) in [6.07, 6.45) is 4.72. The van der Waals surface area contributed by atoms with Crippen molar-refractivity contribution in [1.82, 2.24) is 4.98 Å². The molecular weight excluding hydrogens is 286 g/mol. The van der Waals surface area contributed by atoms with Crippen LogP contribution in [0.1, 0.15) is 15.9 Å². The lowest BCUT2D eigenvalue weighted by Gasteiger charge is -2.13. The summed E-state index contributed by atoms with van der Waals surface area (Å²) < 4.78 is 0. The predicted molar refractivity (Wildman–Crippen MR) is 92.7 cm³/mol. The molecule has 4 nitrogen and oxygen atoms in total. The van der Waals surface area contributed by atoms with Crippen molar-refractivity contribution in [2.24, 2.45) is 5.73 Å². The average Bonchev–Trinajstić information content (AvgIpc) is 2.94. The number of anilines is 1. The molecule has 0 bridgehead atoms. The van der Waals surface area contributed by atoms with Gasteiger partial charge in [-0.1, -0.05) is 12.1 Å². The second kappa shape index (κ2) is 5.09. The molecule has 2 aromatic carbocycles. The summed E-state index contributed by atoms with van der Waals surface area (Å²) in [5, 5.41) is 2.01. The lowest BCUT2D eigenvalue weighted by molar-refractivity contribution is 0.100. The molecule has 4 heteroatoms. The third-order valence-corrected chi connectivity index (χ3v) is 4.56. The molecule has 0 fully saturated rings. The summed E-state index contributed by atoms with van der Waals surface area (Å²) in [7, 11) is 2.12. The maximum atomic E-state index is 11.5. The van der Waals surface area contributed by atoms with E-state index in [1.165, 1.54) is 11.3 Å². The van der Waals surface area contributed by atoms with Crippen molar-refractivity contribution in [3.8, 4) is 11.1 Å². The van der Waals surface area contributed by atoms with E-state index >= 15 is 0 Å². The topological polar surface area (TPSA) is 59.2 Å². The molecule has 1 amide bonds. The highest BCUT2D eigenvalue weighted by atomic mass is 16.1. The second-order valence-corrected chi connectivity index (χ2v) is 6.00. The number of fused-ring (bicyclic) bond motifs is 2. The molecule has 0 unspecified atom stereocenters. The number of primary amides is 1. The van der Waals surface area contributed by atoms with Crippen LogP contribution >= 0.6 is 0 Å². The minimum Gasteiger partial charge on any atom is -0.374 e. The van der Waals surface area contributed by atoms with Crippen LogP contribution in [0.4, 0.5) is 5.69 Å². The highest BCUT2D eigenvalue weighted by Crippen LogP contribution is 2.34. The summed E-state index contributed by atoms with van der Waals surface area (Å²) in [5.74, 6) is -0.412. The number of nitrogens with two attached hydrogens (primary N) is 1. The van der Waals surface area contributed by atoms with Crippen molar-refractivity contribution >= 4 is 22.4 Å². The first-order chi connectivity index (χ1) is 11.1. The van der Waals surface area contributed by atoms with Crippen molar-refractivity contribution in [1.29, 1.82) is 0 Å². The molecule has 1 aliphatic heterocycles. The van der Waals surface area contributed by atoms with Crippen LogP contribution in [0.5, 0.6) is 0 Å². The number of amides is 1. The lowest BCUT2D eigenvalue weighted by Crippen LogP contribution is -2.12. The Hall–Kier alpha value is -2.88. The van der Waals surface area contributed by atoms with Gasteiger partial charge in [0.2, 0.25) is 5.91 Å². The zero-order valence-electron chi connectivity index (χ0n) is 12.9. The number of nitrogens with zero attached hydrogens (tertiary/aromatic N) is 2. The summed E-state index contributed by atoms with van der Waals surface area (Å²) in [4.78, 5) is 18.1. The fourth-order valence-electron chi connectivity index (χ4n) is 3.28. The number of likely N-dealkylation sites (N-methyl/N-ethyl adjacent to an activating group) is 1. The fraction of sp³-hybridized carbons (Fsp3) is 0.158. The minimum atomic E-state index is -0.412. The van der Waals surface area contributed by atoms with Gasteiger partial charge < -0.3 is 10.6 Å². The molecule has 114 valence electrons. The van der Waals surface area contributed by atoms with E-state index in [-0.39, 0.29) is 0 Å². The Labute approximate surface area is 134 Å². The van der Waals surface area contributed by atoms with E-state index in [1.807, 2.05) is 24.5 Å². The van der Waals surface area contributed by atoms with Gasteiger partial charge in [0.1, 0.15) is 0 Å². The normalized spacial score (nSPS) is 13.3. The smallest absolute Gasteiger partial charge is 0.248 e. The minimum absolute atomic E-state index is 0.412. The van der Waals surface area contributed by atoms with Crippen molar-refractivity contribution in [2.45, 2.75) is 6.42 Å². The standard InChI is InChI=1S/C19H17N3O/c1-22-7-6-13-8-12(4-5-18(13)22)17-11-21-10-15-3-2-14(19(20)23)9-16(15)17/h2-5,8-11H,6-7H2,1H3,(H2,20,23). The quantitative estimate of drug-likeness (QED) is 0.791. The average molecular weight is 303 g/mol. The Morgan fingerprint density at radius 2 is 2.04 bits per heavy atom. The molecule has 0 saturated heterocycles. The van der Waals surface area contributed by atoms with Crippen molar-refractivity contribution in [2.75, 3.05) is 18.5 Å². The van der Waals surface area contributed by atoms with Crippen LogP contribution < -0.4 is 10.6 Å². The number of rotatable bonds is 2. The van der Waals surface area contributed by atoms with E-state index in [2.05, 4.69) is 35.1 Å². The first kappa shape index (κ1) is 13.8. The second-order valence-electron chi connectivity index (χ2n) is 6.00. The monoisotopic (exact) mass is 303 g/mol. The Balaban J connectivity index is 1.92. The molecule has 3 aromatic rings. The molecule has 2 heterocycles. The van der Waals surface area contributed by atoms with Gasteiger partial charge >= 0.3 is 0 Å². The molecule has 0 atom stereocenters. The van der Waals surface area contributed by atoms with Gasteiger partial charge in [0.15, 0.2) is 0 Å². The summed E-state index contributed by atoms with van der Waals surface area (Å²) in [6.45, 7) is 1.05. The van der Waals surface area contributed by atoms with Crippen LogP contribution in [-0.4, -0.2) is 24.5 Å². The van der Waals surface area contributed by atoms with Gasteiger partial charge in [0, 0.05) is 48.2 Å². The summed E-state index contributed by atoms with van der Waals surface area (Å²) in [5.41, 5.74) is 10.7. The highest BCUT2D eigenvalue weighted by Gasteiger charge is 2.17. The molecular formula is C19H17N3O. The van der Waals surface area contributed by atoms with E-state index in [4.69, 9.17) is 5.73 Å². The van der Waals surface area contributed by atoms with Crippen molar-refractivity contribution in [3.63, 3.8) is 0 Å². The number of hydrogen-bond donors (Lipinski definition) is 1. The Bertz CT molecular complexity index is 933. The van der Waals surface area contributed by atoms with E-state index in [9.17, 15) is 4.79 Å². The van der Waals surface area contributed by atoms with Crippen LogP contribution in [0.3, 0.4) is 0 Å². The van der Waals surface area contributed by atoms with Gasteiger partial charge in [-0.25, -0.2) is 0 Å². The van der Waals surface area contributed by atoms with Crippen LogP contribution in [0.25, 0.3) is 21.9 Å². The number of carbonyl (C=O) groups is 1. The van der Waals surface area contributed by atoms with E-state index in [0.29, 0.717) is 5.56 Å². The van der Waals surface area contributed by atoms with Crippen LogP contribution in [0.2, 0.25) is 0 Å². The third kappa shape index (κ3) is 2.23. The largest absolute Gasteiger partial charge is 0.374 e. The maximum absolute atomic E-state index is 11.5. The van der Waals surface area contributed by atoms with Gasteiger partial charge in [-0.05, 0) is 47.2 Å². The molecule has 1 aromatic heterocycles. The van der Waals surface area contributed by atoms with Gasteiger partial charge in [0.05, 0.1) is 0 Å². The predicted octanol–water partition coefficient (Wildman–Crippen LogP) is 2.99. The van der Waals surface area contributed by atoms with Crippen molar-refractivity contribution < 1.29 is 4.79 Å². The highest BCUT2D eigenvalue weighted by molar-refractivity contribution is 6.02. The van der Waals surface area contributed by atoms with Gasteiger partial charge in [-0.2, -0.15) is 0 Å². The zero-order valence-corrected chi connectivity index (χ0v) is 12.9. The van der Waals surface area contributed by atoms with Crippen LogP contribution in [0, 0.1) is 0 Å². The molecule has 0 spiro atoms. The van der Waals surface area contributed by atoms with Gasteiger partial charge in [-0.15, -0.1) is 0 Å². The number of pyridine rings is 1.